The Morgan fingerprint density at radius 1 is 1.42 bits per heavy atom. The maximum absolute atomic E-state index is 5.28. The molecule has 0 aromatic carbocycles. The molecule has 0 aliphatic heterocycles. The number of unbranched alkanes of at least 4 members (excludes halogenated alkanes) is 2. The summed E-state index contributed by atoms with van der Waals surface area (Å²) in [6.07, 6.45) is 10.4. The lowest BCUT2D eigenvalue weighted by Gasteiger charge is -2.02. The highest BCUT2D eigenvalue weighted by Crippen LogP contribution is 2.12. The maximum Gasteiger partial charge on any atom is 0.0171 e. The molecule has 0 saturated carbocycles. The minimum atomic E-state index is 0.468. The van der Waals surface area contributed by atoms with Crippen LogP contribution in [0.2, 0.25) is 0 Å². The highest BCUT2D eigenvalue weighted by molar-refractivity contribution is 8.01. The Balaban J connectivity index is 2.96. The van der Waals surface area contributed by atoms with Gasteiger partial charge in [0.25, 0.3) is 0 Å². The van der Waals surface area contributed by atoms with E-state index in [-0.39, 0.29) is 0 Å². The van der Waals surface area contributed by atoms with Crippen molar-refractivity contribution in [2.24, 2.45) is 5.92 Å². The van der Waals surface area contributed by atoms with Crippen LogP contribution in [0.5, 0.6) is 0 Å². The first-order valence-corrected chi connectivity index (χ1v) is 5.71. The Hall–Kier alpha value is -0.0900. The van der Waals surface area contributed by atoms with E-state index in [1.54, 1.807) is 0 Å². The number of thioether (sulfide) groups is 1. The van der Waals surface area contributed by atoms with E-state index < -0.39 is 0 Å². The predicted molar refractivity (Wildman–Crippen MR) is 58.9 cm³/mol. The van der Waals surface area contributed by atoms with Crippen molar-refractivity contribution in [3.63, 3.8) is 0 Å². The smallest absolute Gasteiger partial charge is 0.0171 e. The van der Waals surface area contributed by atoms with Crippen LogP contribution in [-0.2, 0) is 0 Å². The van der Waals surface area contributed by atoms with Crippen molar-refractivity contribution < 1.29 is 0 Å². The van der Waals surface area contributed by atoms with E-state index >= 15 is 0 Å². The lowest BCUT2D eigenvalue weighted by molar-refractivity contribution is 0.590. The Kier molecular flexibility index (Phi) is 8.93. The van der Waals surface area contributed by atoms with Gasteiger partial charge < -0.3 is 0 Å². The molecule has 0 aliphatic carbocycles. The van der Waals surface area contributed by atoms with Crippen LogP contribution in [0.3, 0.4) is 0 Å². The van der Waals surface area contributed by atoms with Gasteiger partial charge in [-0.3, -0.25) is 0 Å². The van der Waals surface area contributed by atoms with Crippen LogP contribution in [0.25, 0.3) is 0 Å². The lowest BCUT2D eigenvalue weighted by Crippen LogP contribution is -1.90. The predicted octanol–water partition coefficient (Wildman–Crippen LogP) is 3.73. The van der Waals surface area contributed by atoms with Crippen LogP contribution in [0.15, 0.2) is 0 Å². The zero-order chi connectivity index (χ0) is 9.23. The molecule has 0 aliphatic rings. The molecule has 1 atom stereocenters. The van der Waals surface area contributed by atoms with Crippen molar-refractivity contribution in [2.45, 2.75) is 39.5 Å². The van der Waals surface area contributed by atoms with E-state index in [4.69, 9.17) is 6.42 Å². The second-order valence-electron chi connectivity index (χ2n) is 3.02. The molecule has 12 heavy (non-hydrogen) atoms. The third-order valence-electron chi connectivity index (χ3n) is 1.85. The fourth-order valence-corrected chi connectivity index (χ4v) is 1.62. The Labute approximate surface area is 81.5 Å². The van der Waals surface area contributed by atoms with Gasteiger partial charge >= 0.3 is 0 Å². The van der Waals surface area contributed by atoms with Gasteiger partial charge in [0.05, 0.1) is 0 Å². The van der Waals surface area contributed by atoms with Gasteiger partial charge in [-0.15, -0.1) is 12.3 Å². The molecule has 0 spiro atoms. The van der Waals surface area contributed by atoms with Crippen molar-refractivity contribution in [1.82, 2.24) is 0 Å². The summed E-state index contributed by atoms with van der Waals surface area (Å²) in [5.74, 6) is 6.65. The average Bonchev–Trinajstić information content (AvgIpc) is 2.10. The molecule has 1 heteroatoms. The fourth-order valence-electron chi connectivity index (χ4n) is 1.01. The van der Waals surface area contributed by atoms with Crippen LogP contribution < -0.4 is 0 Å². The maximum atomic E-state index is 5.28. The first kappa shape index (κ1) is 11.9. The molecule has 0 rings (SSSR count). The van der Waals surface area contributed by atoms with Gasteiger partial charge in [-0.25, -0.2) is 0 Å². The Morgan fingerprint density at radius 3 is 2.75 bits per heavy atom. The summed E-state index contributed by atoms with van der Waals surface area (Å²) < 4.78 is 0. The van der Waals surface area contributed by atoms with E-state index in [9.17, 15) is 0 Å². The molecule has 0 aromatic rings. The molecule has 1 radical (unpaired) electrons. The summed E-state index contributed by atoms with van der Waals surface area (Å²) in [6, 6.07) is 0. The summed E-state index contributed by atoms with van der Waals surface area (Å²) >= 11 is 1.91. The molecular weight excluding hydrogens is 164 g/mol. The Morgan fingerprint density at radius 2 is 2.17 bits per heavy atom. The van der Waals surface area contributed by atoms with Crippen molar-refractivity contribution in [2.75, 3.05) is 5.75 Å². The van der Waals surface area contributed by atoms with E-state index in [0.29, 0.717) is 5.92 Å². The van der Waals surface area contributed by atoms with Crippen LogP contribution in [-0.4, -0.2) is 5.75 Å². The first-order chi connectivity index (χ1) is 5.81. The van der Waals surface area contributed by atoms with E-state index in [0.717, 1.165) is 0 Å². The molecule has 0 heterocycles. The van der Waals surface area contributed by atoms with Crippen LogP contribution in [0.1, 0.15) is 39.5 Å². The molecule has 0 amide bonds. The van der Waals surface area contributed by atoms with Gasteiger partial charge in [-0.05, 0) is 18.6 Å². The lowest BCUT2D eigenvalue weighted by atomic mass is 10.0. The SMILES string of the molecule is C#CC(C)CCCCCS[CH]C. The minimum Gasteiger partial charge on any atom is -0.158 e. The average molecular weight is 183 g/mol. The minimum absolute atomic E-state index is 0.468. The molecule has 0 bridgehead atoms. The highest BCUT2D eigenvalue weighted by Gasteiger charge is 1.95. The number of hydrogen-bond acceptors (Lipinski definition) is 1. The number of hydrogen-bond donors (Lipinski definition) is 0. The van der Waals surface area contributed by atoms with E-state index in [1.807, 2.05) is 11.8 Å². The molecule has 0 fully saturated rings. The highest BCUT2D eigenvalue weighted by atomic mass is 32.2. The molecule has 0 nitrogen and oxygen atoms in total. The zero-order valence-corrected chi connectivity index (χ0v) is 8.99. The number of rotatable bonds is 7. The molecule has 0 saturated heterocycles. The van der Waals surface area contributed by atoms with Gasteiger partial charge in [-0.1, -0.05) is 26.7 Å². The first-order valence-electron chi connectivity index (χ1n) is 4.66. The van der Waals surface area contributed by atoms with Crippen LogP contribution in [0, 0.1) is 24.0 Å². The summed E-state index contributed by atoms with van der Waals surface area (Å²) in [5.41, 5.74) is 0. The second kappa shape index (κ2) is 9.00. The van der Waals surface area contributed by atoms with Crippen molar-refractivity contribution in [3.8, 4) is 12.3 Å². The van der Waals surface area contributed by atoms with Crippen LogP contribution >= 0.6 is 11.8 Å². The third-order valence-corrected chi connectivity index (χ3v) is 2.71. The quantitative estimate of drug-likeness (QED) is 0.428. The fraction of sp³-hybridized carbons (Fsp3) is 0.727. The van der Waals surface area contributed by atoms with Gasteiger partial charge in [0.2, 0.25) is 0 Å². The summed E-state index contributed by atoms with van der Waals surface area (Å²) in [5, 5.41) is 0. The van der Waals surface area contributed by atoms with Crippen LogP contribution in [0.4, 0.5) is 0 Å². The topological polar surface area (TPSA) is 0 Å². The summed E-state index contributed by atoms with van der Waals surface area (Å²) in [7, 11) is 0. The molecule has 0 N–H and O–H groups in total. The third kappa shape index (κ3) is 8.01. The molecule has 0 aromatic heterocycles. The monoisotopic (exact) mass is 183 g/mol. The second-order valence-corrected chi connectivity index (χ2v) is 4.24. The van der Waals surface area contributed by atoms with Gasteiger partial charge in [0.1, 0.15) is 0 Å². The van der Waals surface area contributed by atoms with E-state index in [2.05, 4.69) is 25.5 Å². The van der Waals surface area contributed by atoms with Gasteiger partial charge in [-0.2, -0.15) is 11.8 Å². The molecule has 69 valence electrons. The van der Waals surface area contributed by atoms with Crippen molar-refractivity contribution in [3.05, 3.63) is 5.75 Å². The van der Waals surface area contributed by atoms with Gasteiger partial charge in [0.15, 0.2) is 0 Å². The standard InChI is InChI=1S/C11H19S/c1-4-11(3)9-7-6-8-10-12-5-2/h1,5,11H,6-10H2,2-3H3. The Bertz CT molecular complexity index is 123. The largest absolute Gasteiger partial charge is 0.158 e. The van der Waals surface area contributed by atoms with Crippen molar-refractivity contribution in [1.29, 1.82) is 0 Å². The number of terminal acetylenes is 1. The molecular formula is C11H19S. The normalized spacial score (nSPS) is 12.4. The summed E-state index contributed by atoms with van der Waals surface area (Å²) in [4.78, 5) is 0. The zero-order valence-electron chi connectivity index (χ0n) is 8.18. The molecule has 1 unspecified atom stereocenters. The van der Waals surface area contributed by atoms with Crippen molar-refractivity contribution >= 4 is 11.8 Å². The van der Waals surface area contributed by atoms with Gasteiger partial charge in [0, 0.05) is 11.7 Å². The summed E-state index contributed by atoms with van der Waals surface area (Å²) in [6.45, 7) is 4.21. The van der Waals surface area contributed by atoms with E-state index in [1.165, 1.54) is 31.4 Å².